The predicted molar refractivity (Wildman–Crippen MR) is 134 cm³/mol. The SMILES string of the molecule is CSCCC(NC(=O)C(N)Cc1ccc(O)cc1)C(=O)NC(C(=O)N1CCCC1C(=O)O)C(C)C. The van der Waals surface area contributed by atoms with Crippen molar-refractivity contribution in [1.29, 1.82) is 0 Å². The zero-order valence-electron chi connectivity index (χ0n) is 20.4. The molecule has 3 amide bonds. The van der Waals surface area contributed by atoms with E-state index in [4.69, 9.17) is 5.73 Å². The van der Waals surface area contributed by atoms with Gasteiger partial charge in [0, 0.05) is 6.54 Å². The van der Waals surface area contributed by atoms with Crippen molar-refractivity contribution < 1.29 is 29.4 Å². The number of rotatable bonds is 12. The molecule has 194 valence electrons. The molecule has 1 fully saturated rings. The third-order valence-electron chi connectivity index (χ3n) is 6.02. The highest BCUT2D eigenvalue weighted by Crippen LogP contribution is 2.20. The van der Waals surface area contributed by atoms with Crippen LogP contribution in [0.25, 0.3) is 0 Å². The normalized spacial score (nSPS) is 18.1. The molecule has 6 N–H and O–H groups in total. The van der Waals surface area contributed by atoms with Crippen LogP contribution in [0.1, 0.15) is 38.7 Å². The van der Waals surface area contributed by atoms with E-state index < -0.39 is 47.9 Å². The van der Waals surface area contributed by atoms with E-state index in [2.05, 4.69) is 10.6 Å². The van der Waals surface area contributed by atoms with Crippen molar-refractivity contribution >= 4 is 35.5 Å². The van der Waals surface area contributed by atoms with E-state index in [-0.39, 0.29) is 18.1 Å². The second-order valence-corrected chi connectivity index (χ2v) is 10.1. The standard InChI is InChI=1S/C24H36N4O6S/c1-14(2)20(23(32)28-11-4-5-19(28)24(33)34)27-22(31)18(10-12-35-3)26-21(30)17(25)13-15-6-8-16(29)9-7-15/h6-9,14,17-20,29H,4-5,10-13,25H2,1-3H3,(H,26,30)(H,27,31)(H,33,34). The smallest absolute Gasteiger partial charge is 0.326 e. The Balaban J connectivity index is 2.08. The number of carboxylic acids is 1. The number of aliphatic carboxylic acids is 1. The molecule has 11 heteroatoms. The molecule has 35 heavy (non-hydrogen) atoms. The summed E-state index contributed by atoms with van der Waals surface area (Å²) in [6, 6.07) is 2.73. The minimum absolute atomic E-state index is 0.110. The maximum atomic E-state index is 13.2. The number of phenols is 1. The van der Waals surface area contributed by atoms with Gasteiger partial charge >= 0.3 is 5.97 Å². The number of carbonyl (C=O) groups is 4. The maximum absolute atomic E-state index is 13.2. The van der Waals surface area contributed by atoms with Gasteiger partial charge < -0.3 is 31.5 Å². The molecule has 0 aliphatic carbocycles. The van der Waals surface area contributed by atoms with Crippen LogP contribution in [-0.4, -0.2) is 81.5 Å². The number of hydrogen-bond acceptors (Lipinski definition) is 7. The Morgan fingerprint density at radius 3 is 2.37 bits per heavy atom. The Hall–Kier alpha value is -2.79. The van der Waals surface area contributed by atoms with Gasteiger partial charge in [0.1, 0.15) is 23.9 Å². The molecule has 1 heterocycles. The summed E-state index contributed by atoms with van der Waals surface area (Å²) in [4.78, 5) is 51.9. The molecule has 4 unspecified atom stereocenters. The molecule has 0 aromatic heterocycles. The van der Waals surface area contributed by atoms with Gasteiger partial charge in [-0.05, 0) is 61.3 Å². The highest BCUT2D eigenvalue weighted by molar-refractivity contribution is 7.98. The summed E-state index contributed by atoms with van der Waals surface area (Å²) in [7, 11) is 0. The van der Waals surface area contributed by atoms with Crippen LogP contribution in [0.3, 0.4) is 0 Å². The first-order valence-electron chi connectivity index (χ1n) is 11.7. The average molecular weight is 509 g/mol. The second-order valence-electron chi connectivity index (χ2n) is 9.08. The summed E-state index contributed by atoms with van der Waals surface area (Å²) in [5.74, 6) is -2.08. The molecule has 0 bridgehead atoms. The third-order valence-corrected chi connectivity index (χ3v) is 6.67. The van der Waals surface area contributed by atoms with Crippen molar-refractivity contribution in [2.75, 3.05) is 18.6 Å². The van der Waals surface area contributed by atoms with Gasteiger partial charge in [0.05, 0.1) is 6.04 Å². The van der Waals surface area contributed by atoms with E-state index in [1.54, 1.807) is 26.0 Å². The van der Waals surface area contributed by atoms with E-state index >= 15 is 0 Å². The van der Waals surface area contributed by atoms with Gasteiger partial charge in [-0.3, -0.25) is 14.4 Å². The van der Waals surface area contributed by atoms with Gasteiger partial charge in [0.25, 0.3) is 0 Å². The number of nitrogens with zero attached hydrogens (tertiary/aromatic N) is 1. The van der Waals surface area contributed by atoms with Crippen molar-refractivity contribution in [2.45, 2.75) is 63.7 Å². The lowest BCUT2D eigenvalue weighted by atomic mass is 10.0. The highest BCUT2D eigenvalue weighted by atomic mass is 32.2. The number of nitrogens with two attached hydrogens (primary N) is 1. The number of hydrogen-bond donors (Lipinski definition) is 5. The summed E-state index contributed by atoms with van der Waals surface area (Å²) < 4.78 is 0. The van der Waals surface area contributed by atoms with Crippen LogP contribution >= 0.6 is 11.8 Å². The molecule has 1 aliphatic heterocycles. The lowest BCUT2D eigenvalue weighted by molar-refractivity contribution is -0.150. The lowest BCUT2D eigenvalue weighted by Gasteiger charge is -2.30. The summed E-state index contributed by atoms with van der Waals surface area (Å²) in [6.45, 7) is 3.88. The zero-order valence-corrected chi connectivity index (χ0v) is 21.2. The predicted octanol–water partition coefficient (Wildman–Crippen LogP) is 0.716. The molecular formula is C24H36N4O6S. The molecule has 1 saturated heterocycles. The number of thioether (sulfide) groups is 1. The van der Waals surface area contributed by atoms with E-state index in [1.165, 1.54) is 28.8 Å². The van der Waals surface area contributed by atoms with Crippen LogP contribution in [0.5, 0.6) is 5.75 Å². The Kier molecular flexibility index (Phi) is 10.8. The van der Waals surface area contributed by atoms with Gasteiger partial charge in [-0.2, -0.15) is 11.8 Å². The van der Waals surface area contributed by atoms with Crippen LogP contribution in [0.2, 0.25) is 0 Å². The van der Waals surface area contributed by atoms with E-state index in [0.29, 0.717) is 31.6 Å². The second kappa shape index (κ2) is 13.3. The fraction of sp³-hybridized carbons (Fsp3) is 0.583. The summed E-state index contributed by atoms with van der Waals surface area (Å²) in [6.07, 6.45) is 3.41. The fourth-order valence-electron chi connectivity index (χ4n) is 4.00. The molecule has 2 rings (SSSR count). The van der Waals surface area contributed by atoms with E-state index in [0.717, 1.165) is 5.56 Å². The number of phenolic OH excluding ortho intramolecular Hbond substituents is 1. The summed E-state index contributed by atoms with van der Waals surface area (Å²) in [5, 5.41) is 24.3. The Labute approximate surface area is 210 Å². The number of aromatic hydroxyl groups is 1. The molecule has 0 saturated carbocycles. The molecular weight excluding hydrogens is 472 g/mol. The van der Waals surface area contributed by atoms with Crippen LogP contribution in [0.4, 0.5) is 0 Å². The number of carbonyl (C=O) groups excluding carboxylic acids is 3. The largest absolute Gasteiger partial charge is 0.508 e. The Morgan fingerprint density at radius 1 is 1.14 bits per heavy atom. The first kappa shape index (κ1) is 28.4. The van der Waals surface area contributed by atoms with E-state index in [9.17, 15) is 29.4 Å². The zero-order chi connectivity index (χ0) is 26.1. The topological polar surface area (TPSA) is 162 Å². The quantitative estimate of drug-likeness (QED) is 0.276. The number of carboxylic acid groups (broad SMARTS) is 1. The van der Waals surface area contributed by atoms with Gasteiger partial charge in [-0.15, -0.1) is 0 Å². The number of nitrogens with one attached hydrogen (secondary N) is 2. The van der Waals surface area contributed by atoms with Crippen LogP contribution in [0, 0.1) is 5.92 Å². The molecule has 1 aromatic carbocycles. The minimum atomic E-state index is -1.06. The van der Waals surface area contributed by atoms with Crippen LogP contribution in [-0.2, 0) is 25.6 Å². The first-order chi connectivity index (χ1) is 16.5. The summed E-state index contributed by atoms with van der Waals surface area (Å²) in [5.41, 5.74) is 6.82. The molecule has 1 aromatic rings. The fourth-order valence-corrected chi connectivity index (χ4v) is 4.47. The molecule has 0 spiro atoms. The highest BCUT2D eigenvalue weighted by Gasteiger charge is 2.39. The van der Waals surface area contributed by atoms with Crippen molar-refractivity contribution in [3.05, 3.63) is 29.8 Å². The van der Waals surface area contributed by atoms with Crippen molar-refractivity contribution in [1.82, 2.24) is 15.5 Å². The number of benzene rings is 1. The number of amides is 3. The van der Waals surface area contributed by atoms with Crippen LogP contribution < -0.4 is 16.4 Å². The van der Waals surface area contributed by atoms with Crippen molar-refractivity contribution in [2.24, 2.45) is 11.7 Å². The maximum Gasteiger partial charge on any atom is 0.326 e. The third kappa shape index (κ3) is 8.14. The first-order valence-corrected chi connectivity index (χ1v) is 13.1. The molecule has 10 nitrogen and oxygen atoms in total. The molecule has 0 radical (unpaired) electrons. The van der Waals surface area contributed by atoms with Gasteiger partial charge in [-0.25, -0.2) is 4.79 Å². The lowest BCUT2D eigenvalue weighted by Crippen LogP contribution is -2.58. The molecule has 1 aliphatic rings. The average Bonchev–Trinajstić information content (AvgIpc) is 3.31. The number of likely N-dealkylation sites (tertiary alicyclic amines) is 1. The summed E-state index contributed by atoms with van der Waals surface area (Å²) >= 11 is 1.52. The molecule has 4 atom stereocenters. The Bertz CT molecular complexity index is 895. The van der Waals surface area contributed by atoms with Crippen molar-refractivity contribution in [3.8, 4) is 5.75 Å². The van der Waals surface area contributed by atoms with Crippen molar-refractivity contribution in [3.63, 3.8) is 0 Å². The van der Waals surface area contributed by atoms with Gasteiger partial charge in [-0.1, -0.05) is 26.0 Å². The van der Waals surface area contributed by atoms with E-state index in [1.807, 2.05) is 6.26 Å². The van der Waals surface area contributed by atoms with Crippen LogP contribution in [0.15, 0.2) is 24.3 Å². The van der Waals surface area contributed by atoms with Gasteiger partial charge in [0.15, 0.2) is 0 Å². The minimum Gasteiger partial charge on any atom is -0.508 e. The van der Waals surface area contributed by atoms with Gasteiger partial charge in [0.2, 0.25) is 17.7 Å². The monoisotopic (exact) mass is 508 g/mol. The Morgan fingerprint density at radius 2 is 1.80 bits per heavy atom.